The minimum Gasteiger partial charge on any atom is -0.352 e. The van der Waals surface area contributed by atoms with Crippen LogP contribution in [0, 0.1) is 0 Å². The fourth-order valence-corrected chi connectivity index (χ4v) is 4.26. The largest absolute Gasteiger partial charge is 0.352 e. The summed E-state index contributed by atoms with van der Waals surface area (Å²) in [7, 11) is 0. The van der Waals surface area contributed by atoms with Gasteiger partial charge in [0.25, 0.3) is 0 Å². The summed E-state index contributed by atoms with van der Waals surface area (Å²) in [4.78, 5) is 31.1. The molecule has 3 rings (SSSR count). The Labute approximate surface area is 151 Å². The molecule has 2 amide bonds. The van der Waals surface area contributed by atoms with Crippen molar-refractivity contribution < 1.29 is 9.59 Å². The molecule has 3 fully saturated rings. The van der Waals surface area contributed by atoms with Gasteiger partial charge in [-0.3, -0.25) is 19.4 Å². The minimum absolute atomic E-state index is 0.168. The fraction of sp³-hybridized carbons (Fsp3) is 0.895. The molecule has 0 radical (unpaired) electrons. The van der Waals surface area contributed by atoms with Crippen molar-refractivity contribution in [2.24, 2.45) is 0 Å². The smallest absolute Gasteiger partial charge is 0.236 e. The van der Waals surface area contributed by atoms with Gasteiger partial charge in [0, 0.05) is 45.3 Å². The van der Waals surface area contributed by atoms with E-state index in [-0.39, 0.29) is 11.8 Å². The van der Waals surface area contributed by atoms with Crippen LogP contribution in [-0.2, 0) is 9.59 Å². The third kappa shape index (κ3) is 5.96. The number of nitrogens with zero attached hydrogens (tertiary/aromatic N) is 3. The predicted molar refractivity (Wildman–Crippen MR) is 98.3 cm³/mol. The molecule has 0 aromatic rings. The lowest BCUT2D eigenvalue weighted by Gasteiger charge is -2.35. The van der Waals surface area contributed by atoms with Gasteiger partial charge in [0.05, 0.1) is 13.1 Å². The van der Waals surface area contributed by atoms with Crippen molar-refractivity contribution in [1.82, 2.24) is 20.0 Å². The number of likely N-dealkylation sites (tertiary alicyclic amines) is 1. The van der Waals surface area contributed by atoms with E-state index in [1.807, 2.05) is 0 Å². The maximum Gasteiger partial charge on any atom is 0.236 e. The zero-order valence-electron chi connectivity index (χ0n) is 15.5. The maximum absolute atomic E-state index is 12.5. The molecule has 2 saturated heterocycles. The molecule has 1 aliphatic carbocycles. The van der Waals surface area contributed by atoms with Gasteiger partial charge in [0.1, 0.15) is 0 Å². The van der Waals surface area contributed by atoms with Crippen molar-refractivity contribution in [3.63, 3.8) is 0 Å². The summed E-state index contributed by atoms with van der Waals surface area (Å²) < 4.78 is 0. The molecule has 6 heteroatoms. The van der Waals surface area contributed by atoms with E-state index in [0.717, 1.165) is 65.0 Å². The van der Waals surface area contributed by atoms with E-state index in [4.69, 9.17) is 0 Å². The first-order chi connectivity index (χ1) is 12.2. The Bertz CT molecular complexity index is 435. The summed E-state index contributed by atoms with van der Waals surface area (Å²) >= 11 is 0. The molecule has 142 valence electrons. The molecule has 0 aromatic heterocycles. The first-order valence-electron chi connectivity index (χ1n) is 10.2. The Kier molecular flexibility index (Phi) is 7.11. The second kappa shape index (κ2) is 9.53. The number of carbonyl (C=O) groups excluding carboxylic acids is 2. The summed E-state index contributed by atoms with van der Waals surface area (Å²) in [6.45, 7) is 6.44. The van der Waals surface area contributed by atoms with Crippen LogP contribution in [0.4, 0.5) is 0 Å². The number of piperazine rings is 1. The molecular formula is C19H34N4O2. The summed E-state index contributed by atoms with van der Waals surface area (Å²) in [5.41, 5.74) is 0. The first kappa shape index (κ1) is 18.6. The highest BCUT2D eigenvalue weighted by molar-refractivity contribution is 5.79. The molecule has 0 atom stereocenters. The van der Waals surface area contributed by atoms with Gasteiger partial charge < -0.3 is 10.2 Å². The van der Waals surface area contributed by atoms with Crippen LogP contribution in [-0.4, -0.2) is 84.9 Å². The van der Waals surface area contributed by atoms with E-state index >= 15 is 0 Å². The number of rotatable bonds is 5. The van der Waals surface area contributed by atoms with Gasteiger partial charge in [-0.05, 0) is 25.7 Å². The van der Waals surface area contributed by atoms with Gasteiger partial charge in [-0.1, -0.05) is 25.7 Å². The van der Waals surface area contributed by atoms with Gasteiger partial charge >= 0.3 is 0 Å². The SMILES string of the molecule is O=C(CN1CCN(CC(=O)N2CCCCCC2)CC1)NC1CCCC1. The van der Waals surface area contributed by atoms with E-state index in [0.29, 0.717) is 19.1 Å². The van der Waals surface area contributed by atoms with Crippen LogP contribution in [0.3, 0.4) is 0 Å². The van der Waals surface area contributed by atoms with Crippen LogP contribution in [0.5, 0.6) is 0 Å². The third-order valence-electron chi connectivity index (χ3n) is 5.87. The van der Waals surface area contributed by atoms with E-state index in [2.05, 4.69) is 20.0 Å². The second-order valence-corrected chi connectivity index (χ2v) is 7.90. The highest BCUT2D eigenvalue weighted by atomic mass is 16.2. The summed E-state index contributed by atoms with van der Waals surface area (Å²) in [6, 6.07) is 0.403. The third-order valence-corrected chi connectivity index (χ3v) is 5.87. The summed E-state index contributed by atoms with van der Waals surface area (Å²) in [6.07, 6.45) is 9.57. The second-order valence-electron chi connectivity index (χ2n) is 7.90. The van der Waals surface area contributed by atoms with Gasteiger partial charge in [-0.2, -0.15) is 0 Å². The van der Waals surface area contributed by atoms with Gasteiger partial charge in [-0.15, -0.1) is 0 Å². The molecular weight excluding hydrogens is 316 g/mol. The van der Waals surface area contributed by atoms with E-state index < -0.39 is 0 Å². The normalized spacial score (nSPS) is 24.2. The highest BCUT2D eigenvalue weighted by Crippen LogP contribution is 2.17. The molecule has 3 aliphatic rings. The van der Waals surface area contributed by atoms with Crippen LogP contribution in [0.2, 0.25) is 0 Å². The van der Waals surface area contributed by atoms with Crippen LogP contribution in [0.15, 0.2) is 0 Å². The summed E-state index contributed by atoms with van der Waals surface area (Å²) in [5.74, 6) is 0.454. The average molecular weight is 351 g/mol. The molecule has 0 aromatic carbocycles. The Morgan fingerprint density at radius 2 is 1.28 bits per heavy atom. The van der Waals surface area contributed by atoms with Crippen LogP contribution >= 0.6 is 0 Å². The molecule has 0 spiro atoms. The highest BCUT2D eigenvalue weighted by Gasteiger charge is 2.24. The Morgan fingerprint density at radius 1 is 0.720 bits per heavy atom. The van der Waals surface area contributed by atoms with E-state index in [9.17, 15) is 9.59 Å². The number of carbonyl (C=O) groups is 2. The van der Waals surface area contributed by atoms with Crippen LogP contribution in [0.25, 0.3) is 0 Å². The van der Waals surface area contributed by atoms with Gasteiger partial charge in [0.2, 0.25) is 11.8 Å². The fourth-order valence-electron chi connectivity index (χ4n) is 4.26. The van der Waals surface area contributed by atoms with Crippen molar-refractivity contribution in [3.8, 4) is 0 Å². The lowest BCUT2D eigenvalue weighted by Crippen LogP contribution is -2.52. The Hall–Kier alpha value is -1.14. The average Bonchev–Trinajstić information content (AvgIpc) is 2.95. The molecule has 1 N–H and O–H groups in total. The first-order valence-corrected chi connectivity index (χ1v) is 10.2. The van der Waals surface area contributed by atoms with Crippen molar-refractivity contribution in [2.45, 2.75) is 57.4 Å². The van der Waals surface area contributed by atoms with Gasteiger partial charge in [-0.25, -0.2) is 0 Å². The quantitative estimate of drug-likeness (QED) is 0.806. The lowest BCUT2D eigenvalue weighted by molar-refractivity contribution is -0.133. The minimum atomic E-state index is 0.168. The molecule has 0 unspecified atom stereocenters. The van der Waals surface area contributed by atoms with Crippen molar-refractivity contribution in [1.29, 1.82) is 0 Å². The number of hydrogen-bond donors (Lipinski definition) is 1. The standard InChI is InChI=1S/C19H34N4O2/c24-18(20-17-7-3-4-8-17)15-21-11-13-22(14-12-21)16-19(25)23-9-5-1-2-6-10-23/h17H,1-16H2,(H,20,24). The zero-order valence-corrected chi connectivity index (χ0v) is 15.5. The predicted octanol–water partition coefficient (Wildman–Crippen LogP) is 1.07. The van der Waals surface area contributed by atoms with Crippen molar-refractivity contribution in [2.75, 3.05) is 52.4 Å². The molecule has 25 heavy (non-hydrogen) atoms. The lowest BCUT2D eigenvalue weighted by atomic mass is 10.2. The van der Waals surface area contributed by atoms with E-state index in [1.54, 1.807) is 0 Å². The number of nitrogens with one attached hydrogen (secondary N) is 1. The zero-order chi connectivity index (χ0) is 17.5. The molecule has 0 bridgehead atoms. The number of hydrogen-bond acceptors (Lipinski definition) is 4. The monoisotopic (exact) mass is 350 g/mol. The van der Waals surface area contributed by atoms with Gasteiger partial charge in [0.15, 0.2) is 0 Å². The number of amides is 2. The summed E-state index contributed by atoms with van der Waals surface area (Å²) in [5, 5.41) is 3.16. The molecule has 2 heterocycles. The topological polar surface area (TPSA) is 55.9 Å². The molecule has 6 nitrogen and oxygen atoms in total. The van der Waals surface area contributed by atoms with Crippen LogP contribution in [0.1, 0.15) is 51.4 Å². The Morgan fingerprint density at radius 3 is 1.88 bits per heavy atom. The molecule has 1 saturated carbocycles. The van der Waals surface area contributed by atoms with Crippen LogP contribution < -0.4 is 5.32 Å². The van der Waals surface area contributed by atoms with Crippen molar-refractivity contribution >= 4 is 11.8 Å². The van der Waals surface area contributed by atoms with Crippen molar-refractivity contribution in [3.05, 3.63) is 0 Å². The van der Waals surface area contributed by atoms with E-state index in [1.165, 1.54) is 25.7 Å². The molecule has 2 aliphatic heterocycles. The Balaban J connectivity index is 1.33. The maximum atomic E-state index is 12.5.